The van der Waals surface area contributed by atoms with Crippen LogP contribution in [0, 0.1) is 0 Å². The fraction of sp³-hybridized carbons (Fsp3) is 0.462. The summed E-state index contributed by atoms with van der Waals surface area (Å²) >= 11 is 6.04. The van der Waals surface area contributed by atoms with Crippen molar-refractivity contribution in [3.8, 4) is 17.4 Å². The highest BCUT2D eigenvalue weighted by Gasteiger charge is 2.19. The van der Waals surface area contributed by atoms with E-state index in [0.29, 0.717) is 23.3 Å². The van der Waals surface area contributed by atoms with E-state index in [1.807, 2.05) is 0 Å². The molecular formula is C13H15ClN6O. The van der Waals surface area contributed by atoms with E-state index in [4.69, 9.17) is 16.3 Å². The number of nitrogens with zero attached hydrogens (tertiary/aromatic N) is 6. The third-order valence-electron chi connectivity index (χ3n) is 3.31. The normalized spacial score (nSPS) is 15.0. The molecule has 8 heteroatoms. The number of rotatable bonds is 3. The molecule has 2 aromatic heterocycles. The monoisotopic (exact) mass is 306 g/mol. The standard InChI is InChI=1S/C13H15ClN6O/c1-21-11-9(15-5-6-16-11)10-17-12(14)19-13(18-10)20-7-3-2-4-8-20/h5-6H,2-4,7-8H2,1H3. The molecule has 0 aliphatic carbocycles. The summed E-state index contributed by atoms with van der Waals surface area (Å²) in [6, 6.07) is 0. The number of aromatic nitrogens is 5. The summed E-state index contributed by atoms with van der Waals surface area (Å²) in [6.07, 6.45) is 6.62. The Morgan fingerprint density at radius 3 is 2.57 bits per heavy atom. The van der Waals surface area contributed by atoms with Crippen LogP contribution in [-0.4, -0.2) is 45.1 Å². The number of piperidine rings is 1. The summed E-state index contributed by atoms with van der Waals surface area (Å²) in [5, 5.41) is 0.147. The maximum atomic E-state index is 6.04. The molecule has 0 N–H and O–H groups in total. The van der Waals surface area contributed by atoms with Gasteiger partial charge < -0.3 is 9.64 Å². The predicted molar refractivity (Wildman–Crippen MR) is 78.5 cm³/mol. The topological polar surface area (TPSA) is 76.9 Å². The van der Waals surface area contributed by atoms with E-state index >= 15 is 0 Å². The van der Waals surface area contributed by atoms with Crippen LogP contribution in [0.5, 0.6) is 5.88 Å². The minimum Gasteiger partial charge on any atom is -0.479 e. The lowest BCUT2D eigenvalue weighted by Crippen LogP contribution is -2.31. The third kappa shape index (κ3) is 3.02. The molecule has 7 nitrogen and oxygen atoms in total. The van der Waals surface area contributed by atoms with E-state index in [2.05, 4.69) is 29.8 Å². The van der Waals surface area contributed by atoms with Crippen LogP contribution in [0.4, 0.5) is 5.95 Å². The number of hydrogen-bond donors (Lipinski definition) is 0. The highest BCUT2D eigenvalue weighted by molar-refractivity contribution is 6.28. The first kappa shape index (κ1) is 13.9. The van der Waals surface area contributed by atoms with E-state index < -0.39 is 0 Å². The molecule has 1 aliphatic heterocycles. The second-order valence-electron chi connectivity index (χ2n) is 4.69. The Balaban J connectivity index is 2.01. The molecule has 0 radical (unpaired) electrons. The predicted octanol–water partition coefficient (Wildman–Crippen LogP) is 1.98. The van der Waals surface area contributed by atoms with E-state index in [9.17, 15) is 0 Å². The maximum Gasteiger partial charge on any atom is 0.243 e. The van der Waals surface area contributed by atoms with Gasteiger partial charge in [-0.2, -0.15) is 15.0 Å². The molecule has 0 aromatic carbocycles. The van der Waals surface area contributed by atoms with E-state index in [-0.39, 0.29) is 5.28 Å². The number of methoxy groups -OCH3 is 1. The van der Waals surface area contributed by atoms with Crippen LogP contribution in [0.3, 0.4) is 0 Å². The Bertz CT molecular complexity index is 632. The Hall–Kier alpha value is -2.02. The van der Waals surface area contributed by atoms with Crippen molar-refractivity contribution in [1.82, 2.24) is 24.9 Å². The van der Waals surface area contributed by atoms with Crippen molar-refractivity contribution >= 4 is 17.5 Å². The van der Waals surface area contributed by atoms with Gasteiger partial charge in [-0.15, -0.1) is 0 Å². The van der Waals surface area contributed by atoms with Gasteiger partial charge in [0.25, 0.3) is 0 Å². The number of anilines is 1. The van der Waals surface area contributed by atoms with Crippen LogP contribution in [0.25, 0.3) is 11.5 Å². The molecule has 21 heavy (non-hydrogen) atoms. The van der Waals surface area contributed by atoms with Gasteiger partial charge in [0.05, 0.1) is 7.11 Å². The molecule has 3 rings (SSSR count). The zero-order chi connectivity index (χ0) is 14.7. The van der Waals surface area contributed by atoms with E-state index in [1.165, 1.54) is 13.5 Å². The maximum absolute atomic E-state index is 6.04. The van der Waals surface area contributed by atoms with Crippen LogP contribution >= 0.6 is 11.6 Å². The molecule has 0 saturated carbocycles. The quantitative estimate of drug-likeness (QED) is 0.858. The van der Waals surface area contributed by atoms with Gasteiger partial charge in [-0.25, -0.2) is 9.97 Å². The fourth-order valence-electron chi connectivity index (χ4n) is 2.31. The number of hydrogen-bond acceptors (Lipinski definition) is 7. The SMILES string of the molecule is COc1nccnc1-c1nc(Cl)nc(N2CCCCC2)n1. The zero-order valence-electron chi connectivity index (χ0n) is 11.7. The van der Waals surface area contributed by atoms with Crippen molar-refractivity contribution in [2.75, 3.05) is 25.1 Å². The Labute approximate surface area is 127 Å². The van der Waals surface area contributed by atoms with Crippen LogP contribution in [0.2, 0.25) is 5.28 Å². The smallest absolute Gasteiger partial charge is 0.243 e. The van der Waals surface area contributed by atoms with E-state index in [1.54, 1.807) is 12.4 Å². The molecule has 1 fully saturated rings. The molecule has 0 bridgehead atoms. The van der Waals surface area contributed by atoms with Crippen LogP contribution in [0.15, 0.2) is 12.4 Å². The van der Waals surface area contributed by atoms with Gasteiger partial charge in [0, 0.05) is 25.5 Å². The van der Waals surface area contributed by atoms with E-state index in [0.717, 1.165) is 25.9 Å². The summed E-state index contributed by atoms with van der Waals surface area (Å²) in [7, 11) is 1.53. The molecule has 0 atom stereocenters. The molecule has 0 spiro atoms. The highest BCUT2D eigenvalue weighted by atomic mass is 35.5. The third-order valence-corrected chi connectivity index (χ3v) is 3.47. The average molecular weight is 307 g/mol. The van der Waals surface area contributed by atoms with Gasteiger partial charge in [0.1, 0.15) is 0 Å². The van der Waals surface area contributed by atoms with Crippen molar-refractivity contribution in [2.24, 2.45) is 0 Å². The van der Waals surface area contributed by atoms with Gasteiger partial charge in [-0.1, -0.05) is 0 Å². The zero-order valence-corrected chi connectivity index (χ0v) is 12.4. The van der Waals surface area contributed by atoms with Crippen LogP contribution in [0.1, 0.15) is 19.3 Å². The average Bonchev–Trinajstić information content (AvgIpc) is 2.55. The van der Waals surface area contributed by atoms with Gasteiger partial charge >= 0.3 is 0 Å². The molecule has 0 unspecified atom stereocenters. The van der Waals surface area contributed by atoms with Crippen LogP contribution < -0.4 is 9.64 Å². The fourth-order valence-corrected chi connectivity index (χ4v) is 2.46. The Kier molecular flexibility index (Phi) is 4.10. The lowest BCUT2D eigenvalue weighted by atomic mass is 10.1. The summed E-state index contributed by atoms with van der Waals surface area (Å²) in [4.78, 5) is 23.3. The molecule has 0 amide bonds. The molecule has 110 valence electrons. The second kappa shape index (κ2) is 6.17. The van der Waals surface area contributed by atoms with Crippen LogP contribution in [-0.2, 0) is 0 Å². The van der Waals surface area contributed by atoms with Gasteiger partial charge in [0.15, 0.2) is 11.5 Å². The molecular weight excluding hydrogens is 292 g/mol. The summed E-state index contributed by atoms with van der Waals surface area (Å²) in [5.74, 6) is 1.32. The summed E-state index contributed by atoms with van der Waals surface area (Å²) in [6.45, 7) is 1.86. The van der Waals surface area contributed by atoms with Crippen molar-refractivity contribution in [3.05, 3.63) is 17.7 Å². The minimum absolute atomic E-state index is 0.147. The first-order chi connectivity index (χ1) is 10.3. The molecule has 1 aliphatic rings. The molecule has 1 saturated heterocycles. The molecule has 3 heterocycles. The Morgan fingerprint density at radius 2 is 1.81 bits per heavy atom. The van der Waals surface area contributed by atoms with Gasteiger partial charge in [0.2, 0.25) is 17.1 Å². The van der Waals surface area contributed by atoms with Crippen molar-refractivity contribution in [3.63, 3.8) is 0 Å². The molecule has 2 aromatic rings. The number of ether oxygens (including phenoxy) is 1. The Morgan fingerprint density at radius 1 is 1.05 bits per heavy atom. The lowest BCUT2D eigenvalue weighted by Gasteiger charge is -2.26. The first-order valence-electron chi connectivity index (χ1n) is 6.80. The second-order valence-corrected chi connectivity index (χ2v) is 5.03. The minimum atomic E-state index is 0.147. The van der Waals surface area contributed by atoms with Gasteiger partial charge in [-0.05, 0) is 30.9 Å². The van der Waals surface area contributed by atoms with Gasteiger partial charge in [-0.3, -0.25) is 0 Å². The van der Waals surface area contributed by atoms with Crippen molar-refractivity contribution in [1.29, 1.82) is 0 Å². The highest BCUT2D eigenvalue weighted by Crippen LogP contribution is 2.25. The first-order valence-corrected chi connectivity index (χ1v) is 7.17. The van der Waals surface area contributed by atoms with Crippen molar-refractivity contribution < 1.29 is 4.74 Å². The number of halogens is 1. The van der Waals surface area contributed by atoms with Crippen molar-refractivity contribution in [2.45, 2.75) is 19.3 Å². The summed E-state index contributed by atoms with van der Waals surface area (Å²) in [5.41, 5.74) is 0.461. The lowest BCUT2D eigenvalue weighted by molar-refractivity contribution is 0.397. The summed E-state index contributed by atoms with van der Waals surface area (Å²) < 4.78 is 5.19. The largest absolute Gasteiger partial charge is 0.479 e.